The van der Waals surface area contributed by atoms with Gasteiger partial charge >= 0.3 is 0 Å². The van der Waals surface area contributed by atoms with Crippen molar-refractivity contribution in [3.05, 3.63) is 64.1 Å². The second kappa shape index (κ2) is 7.58. The lowest BCUT2D eigenvalue weighted by Crippen LogP contribution is -2.49. The lowest BCUT2D eigenvalue weighted by molar-refractivity contribution is 0.0746. The van der Waals surface area contributed by atoms with Crippen LogP contribution >= 0.6 is 23.2 Å². The molecule has 0 saturated carbocycles. The Morgan fingerprint density at radius 2 is 1.59 bits per heavy atom. The third-order valence-electron chi connectivity index (χ3n) is 4.46. The Kier molecular flexibility index (Phi) is 5.01. The molecule has 0 radical (unpaired) electrons. The van der Waals surface area contributed by atoms with Gasteiger partial charge in [0, 0.05) is 31.7 Å². The molecule has 2 aromatic carbocycles. The molecule has 1 fully saturated rings. The van der Waals surface area contributed by atoms with E-state index in [1.54, 1.807) is 23.1 Å². The largest absolute Gasteiger partial charge is 0.335 e. The van der Waals surface area contributed by atoms with E-state index in [0.29, 0.717) is 53.6 Å². The summed E-state index contributed by atoms with van der Waals surface area (Å²) in [6.45, 7) is 2.24. The summed E-state index contributed by atoms with van der Waals surface area (Å²) < 4.78 is 5.36. The third-order valence-corrected chi connectivity index (χ3v) is 5.09. The second-order valence-electron chi connectivity index (χ2n) is 6.14. The summed E-state index contributed by atoms with van der Waals surface area (Å²) in [6.07, 6.45) is 0. The predicted molar refractivity (Wildman–Crippen MR) is 104 cm³/mol. The van der Waals surface area contributed by atoms with E-state index in [9.17, 15) is 4.79 Å². The summed E-state index contributed by atoms with van der Waals surface area (Å²) in [5, 5.41) is 4.79. The van der Waals surface area contributed by atoms with Crippen molar-refractivity contribution in [1.82, 2.24) is 15.0 Å². The normalized spacial score (nSPS) is 14.4. The highest BCUT2D eigenvalue weighted by Gasteiger charge is 2.27. The van der Waals surface area contributed by atoms with Crippen LogP contribution in [0.25, 0.3) is 11.5 Å². The van der Waals surface area contributed by atoms with Gasteiger partial charge in [-0.2, -0.15) is 4.98 Å². The standard InChI is InChI=1S/C19H16Cl2N4O2/c20-14-7-4-8-15(21)16(14)18(26)24-9-11-25(12-10-24)19-22-17(27-23-19)13-5-2-1-3-6-13/h1-8H,9-12H2. The molecule has 1 aromatic heterocycles. The minimum absolute atomic E-state index is 0.164. The fourth-order valence-corrected chi connectivity index (χ4v) is 3.57. The zero-order chi connectivity index (χ0) is 18.8. The first kappa shape index (κ1) is 17.8. The topological polar surface area (TPSA) is 62.5 Å². The third kappa shape index (κ3) is 3.63. The molecule has 0 unspecified atom stereocenters. The summed E-state index contributed by atoms with van der Waals surface area (Å²) in [6, 6.07) is 14.7. The number of aromatic nitrogens is 2. The number of hydrogen-bond acceptors (Lipinski definition) is 5. The van der Waals surface area contributed by atoms with E-state index in [1.165, 1.54) is 0 Å². The van der Waals surface area contributed by atoms with E-state index in [4.69, 9.17) is 27.7 Å². The zero-order valence-electron chi connectivity index (χ0n) is 14.3. The highest BCUT2D eigenvalue weighted by molar-refractivity contribution is 6.39. The van der Waals surface area contributed by atoms with Crippen LogP contribution in [0, 0.1) is 0 Å². The number of nitrogens with zero attached hydrogens (tertiary/aromatic N) is 4. The smallest absolute Gasteiger partial charge is 0.266 e. The van der Waals surface area contributed by atoms with Crippen LogP contribution in [0.15, 0.2) is 53.1 Å². The number of anilines is 1. The highest BCUT2D eigenvalue weighted by Crippen LogP contribution is 2.27. The van der Waals surface area contributed by atoms with Crippen molar-refractivity contribution in [2.24, 2.45) is 0 Å². The molecule has 1 saturated heterocycles. The van der Waals surface area contributed by atoms with Crippen LogP contribution < -0.4 is 4.90 Å². The van der Waals surface area contributed by atoms with Gasteiger partial charge in [0.05, 0.1) is 15.6 Å². The molecule has 0 spiro atoms. The Labute approximate surface area is 166 Å². The van der Waals surface area contributed by atoms with Gasteiger partial charge in [0.25, 0.3) is 17.7 Å². The first-order chi connectivity index (χ1) is 13.1. The molecule has 1 amide bonds. The molecule has 1 aliphatic heterocycles. The van der Waals surface area contributed by atoms with Crippen molar-refractivity contribution in [3.8, 4) is 11.5 Å². The number of rotatable bonds is 3. The molecule has 8 heteroatoms. The Bertz CT molecular complexity index is 933. The van der Waals surface area contributed by atoms with Gasteiger partial charge < -0.3 is 14.3 Å². The molecule has 3 aromatic rings. The maximum atomic E-state index is 12.8. The van der Waals surface area contributed by atoms with Crippen molar-refractivity contribution in [1.29, 1.82) is 0 Å². The fraction of sp³-hybridized carbons (Fsp3) is 0.211. The van der Waals surface area contributed by atoms with E-state index in [-0.39, 0.29) is 5.91 Å². The van der Waals surface area contributed by atoms with Crippen LogP contribution in [0.2, 0.25) is 10.0 Å². The number of hydrogen-bond donors (Lipinski definition) is 0. The SMILES string of the molecule is O=C(c1c(Cl)cccc1Cl)N1CCN(c2noc(-c3ccccc3)n2)CC1. The van der Waals surface area contributed by atoms with Gasteiger partial charge in [-0.25, -0.2) is 0 Å². The highest BCUT2D eigenvalue weighted by atomic mass is 35.5. The first-order valence-corrected chi connectivity index (χ1v) is 9.26. The second-order valence-corrected chi connectivity index (χ2v) is 6.96. The molecule has 6 nitrogen and oxygen atoms in total. The number of benzene rings is 2. The monoisotopic (exact) mass is 402 g/mol. The summed E-state index contributed by atoms with van der Waals surface area (Å²) in [4.78, 5) is 21.0. The van der Waals surface area contributed by atoms with Crippen molar-refractivity contribution >= 4 is 35.1 Å². The molecule has 0 bridgehead atoms. The number of halogens is 2. The maximum absolute atomic E-state index is 12.8. The Morgan fingerprint density at radius 3 is 2.26 bits per heavy atom. The Balaban J connectivity index is 1.44. The van der Waals surface area contributed by atoms with Crippen molar-refractivity contribution in [2.45, 2.75) is 0 Å². The first-order valence-electron chi connectivity index (χ1n) is 8.51. The molecule has 2 heterocycles. The van der Waals surface area contributed by atoms with Gasteiger partial charge in [-0.1, -0.05) is 47.5 Å². The summed E-state index contributed by atoms with van der Waals surface area (Å²) >= 11 is 12.3. The molecule has 1 aliphatic rings. The Hall–Kier alpha value is -2.57. The fourth-order valence-electron chi connectivity index (χ4n) is 3.01. The van der Waals surface area contributed by atoms with E-state index < -0.39 is 0 Å². The molecule has 27 heavy (non-hydrogen) atoms. The summed E-state index contributed by atoms with van der Waals surface area (Å²) in [7, 11) is 0. The van der Waals surface area contributed by atoms with Gasteiger partial charge in [-0.3, -0.25) is 4.79 Å². The Morgan fingerprint density at radius 1 is 0.926 bits per heavy atom. The van der Waals surface area contributed by atoms with Gasteiger partial charge in [0.1, 0.15) is 0 Å². The molecular formula is C19H16Cl2N4O2. The average Bonchev–Trinajstić information content (AvgIpc) is 3.19. The molecule has 0 atom stereocenters. The van der Waals surface area contributed by atoms with E-state index in [1.807, 2.05) is 35.2 Å². The molecular weight excluding hydrogens is 387 g/mol. The van der Waals surface area contributed by atoms with E-state index in [0.717, 1.165) is 5.56 Å². The summed E-state index contributed by atoms with van der Waals surface area (Å²) in [5.41, 5.74) is 1.22. The van der Waals surface area contributed by atoms with Crippen molar-refractivity contribution < 1.29 is 9.32 Å². The number of amides is 1. The maximum Gasteiger partial charge on any atom is 0.266 e. The number of piperazine rings is 1. The van der Waals surface area contributed by atoms with Gasteiger partial charge in [-0.15, -0.1) is 0 Å². The van der Waals surface area contributed by atoms with Gasteiger partial charge in [0.2, 0.25) is 0 Å². The van der Waals surface area contributed by atoms with Gasteiger partial charge in [-0.05, 0) is 29.4 Å². The lowest BCUT2D eigenvalue weighted by atomic mass is 10.1. The average molecular weight is 403 g/mol. The summed E-state index contributed by atoms with van der Waals surface area (Å²) in [5.74, 6) is 0.840. The predicted octanol–water partition coefficient (Wildman–Crippen LogP) is 4.01. The van der Waals surface area contributed by atoms with Crippen LogP contribution in [-0.4, -0.2) is 47.1 Å². The van der Waals surface area contributed by atoms with E-state index >= 15 is 0 Å². The quantitative estimate of drug-likeness (QED) is 0.662. The van der Waals surface area contributed by atoms with Crippen molar-refractivity contribution in [3.63, 3.8) is 0 Å². The van der Waals surface area contributed by atoms with Crippen LogP contribution in [0.5, 0.6) is 0 Å². The number of carbonyl (C=O) groups excluding carboxylic acids is 1. The van der Waals surface area contributed by atoms with Crippen LogP contribution in [0.1, 0.15) is 10.4 Å². The van der Waals surface area contributed by atoms with Crippen molar-refractivity contribution in [2.75, 3.05) is 31.1 Å². The van der Waals surface area contributed by atoms with Crippen LogP contribution in [0.4, 0.5) is 5.95 Å². The minimum atomic E-state index is -0.164. The molecule has 138 valence electrons. The molecule has 4 rings (SSSR count). The molecule has 0 aliphatic carbocycles. The molecule has 0 N–H and O–H groups in total. The van der Waals surface area contributed by atoms with Gasteiger partial charge in [0.15, 0.2) is 0 Å². The minimum Gasteiger partial charge on any atom is -0.335 e. The van der Waals surface area contributed by atoms with E-state index in [2.05, 4.69) is 10.1 Å². The number of carbonyl (C=O) groups is 1. The van der Waals surface area contributed by atoms with Crippen LogP contribution in [-0.2, 0) is 0 Å². The zero-order valence-corrected chi connectivity index (χ0v) is 15.8. The lowest BCUT2D eigenvalue weighted by Gasteiger charge is -2.34. The van der Waals surface area contributed by atoms with Crippen LogP contribution in [0.3, 0.4) is 0 Å².